The molecule has 1 unspecified atom stereocenters. The van der Waals surface area contributed by atoms with Crippen LogP contribution < -0.4 is 10.7 Å². The highest BCUT2D eigenvalue weighted by Gasteiger charge is 2.50. The second kappa shape index (κ2) is 16.3. The maximum absolute atomic E-state index is 14.5. The van der Waals surface area contributed by atoms with E-state index in [0.717, 1.165) is 39.0 Å². The van der Waals surface area contributed by atoms with Crippen molar-refractivity contribution in [3.63, 3.8) is 0 Å². The fourth-order valence-electron chi connectivity index (χ4n) is 8.32. The standard InChI is InChI=1S/C42H53FN6O6S/c1-8-48-32-14-13-26-19-28(32)29(36(48)27-11-9-16-44-34(27)25(4)53-7)20-42(5,6)22-55-41(52)30-12-10-17-49(47-30)40(51)35(46-38(50)33-23(2)24(33)3)37(54-18-15-43)39-45-31(26)21-56-39/h9,11,13-14,16,19,21,23-25,30,33,35,37,47H,8,10,12,15,17-18,20,22H2,1-7H3,(H,46,50)/t23-,24+,25-,30-,33?,35-,37-/m0/s1. The molecule has 0 radical (unpaired) electrons. The monoisotopic (exact) mass is 788 g/mol. The van der Waals surface area contributed by atoms with Crippen molar-refractivity contribution < 1.29 is 33.0 Å². The number of aromatic nitrogens is 3. The third-order valence-electron chi connectivity index (χ3n) is 11.7. The molecule has 7 atom stereocenters. The van der Waals surface area contributed by atoms with Crippen LogP contribution in [0.5, 0.6) is 0 Å². The number of esters is 1. The topological polar surface area (TPSA) is 137 Å². The van der Waals surface area contributed by atoms with Crippen LogP contribution in [0.25, 0.3) is 33.4 Å². The first-order chi connectivity index (χ1) is 26.9. The number of amides is 2. The molecule has 1 saturated carbocycles. The number of aryl methyl sites for hydroxylation is 1. The fraction of sp³-hybridized carbons (Fsp3) is 0.548. The molecule has 1 saturated heterocycles. The third kappa shape index (κ3) is 7.72. The number of thiazole rings is 1. The van der Waals surface area contributed by atoms with E-state index >= 15 is 0 Å². The largest absolute Gasteiger partial charge is 0.464 e. The van der Waals surface area contributed by atoms with Crippen LogP contribution in [0.1, 0.15) is 82.9 Å². The number of ether oxygens (including phenoxy) is 3. The number of pyridine rings is 1. The first-order valence-corrected chi connectivity index (χ1v) is 20.6. The Morgan fingerprint density at radius 2 is 2.00 bits per heavy atom. The summed E-state index contributed by atoms with van der Waals surface area (Å²) in [5.41, 5.74) is 9.05. The Hall–Kier alpha value is -4.24. The number of benzene rings is 1. The zero-order valence-electron chi connectivity index (χ0n) is 33.3. The summed E-state index contributed by atoms with van der Waals surface area (Å²) in [5.74, 6) is -1.16. The van der Waals surface area contributed by atoms with Gasteiger partial charge in [-0.2, -0.15) is 0 Å². The van der Waals surface area contributed by atoms with Crippen LogP contribution >= 0.6 is 11.3 Å². The van der Waals surface area contributed by atoms with E-state index in [4.69, 9.17) is 24.2 Å². The SMILES string of the molecule is CCn1c(-c2cccnc2[C@H](C)OC)c2c3cc(ccc31)-c1csc(n1)[C@@H](OCCF)[C@H](NC(=O)C1[C@@H](C)[C@H]1C)C(=O)N1CCC[C@H](N1)C(=O)OCC(C)(C)C2. The molecule has 2 fully saturated rings. The average Bonchev–Trinajstić information content (AvgIpc) is 3.49. The molecule has 6 bridgehead atoms. The molecule has 4 aromatic rings. The highest BCUT2D eigenvalue weighted by Crippen LogP contribution is 2.46. The van der Waals surface area contributed by atoms with Gasteiger partial charge in [0.2, 0.25) is 5.91 Å². The molecule has 300 valence electrons. The van der Waals surface area contributed by atoms with Crippen LogP contribution in [-0.2, 0) is 41.6 Å². The lowest BCUT2D eigenvalue weighted by molar-refractivity contribution is -0.157. The lowest BCUT2D eigenvalue weighted by atomic mass is 9.84. The number of hydrogen-bond acceptors (Lipinski definition) is 10. The van der Waals surface area contributed by atoms with Gasteiger partial charge in [-0.15, -0.1) is 11.3 Å². The quantitative estimate of drug-likeness (QED) is 0.180. The molecule has 3 aromatic heterocycles. The fourth-order valence-corrected chi connectivity index (χ4v) is 9.23. The van der Waals surface area contributed by atoms with E-state index in [0.29, 0.717) is 43.1 Å². The smallest absolute Gasteiger partial charge is 0.324 e. The molecular weight excluding hydrogens is 736 g/mol. The number of halogens is 1. The summed E-state index contributed by atoms with van der Waals surface area (Å²) in [5, 5.41) is 7.72. The van der Waals surface area contributed by atoms with Crippen LogP contribution in [0.3, 0.4) is 0 Å². The van der Waals surface area contributed by atoms with Crippen LogP contribution in [-0.4, -0.2) is 83.0 Å². The molecule has 14 heteroatoms. The Morgan fingerprint density at radius 3 is 2.71 bits per heavy atom. The molecule has 7 rings (SSSR count). The predicted molar refractivity (Wildman–Crippen MR) is 212 cm³/mol. The van der Waals surface area contributed by atoms with E-state index in [2.05, 4.69) is 54.3 Å². The Labute approximate surface area is 331 Å². The van der Waals surface area contributed by atoms with Gasteiger partial charge >= 0.3 is 5.97 Å². The molecule has 5 heterocycles. The lowest BCUT2D eigenvalue weighted by Gasteiger charge is -2.37. The average molecular weight is 789 g/mol. The Morgan fingerprint density at radius 1 is 1.21 bits per heavy atom. The second-order valence-electron chi connectivity index (χ2n) is 16.2. The number of hydrogen-bond donors (Lipinski definition) is 2. The number of carbonyl (C=O) groups excluding carboxylic acids is 3. The number of methoxy groups -OCH3 is 1. The van der Waals surface area contributed by atoms with E-state index in [1.807, 2.05) is 38.3 Å². The Balaban J connectivity index is 1.40. The maximum Gasteiger partial charge on any atom is 0.324 e. The second-order valence-corrected chi connectivity index (χ2v) is 17.1. The van der Waals surface area contributed by atoms with Gasteiger partial charge in [-0.05, 0) is 74.8 Å². The number of alkyl halides is 1. The van der Waals surface area contributed by atoms with E-state index in [9.17, 15) is 18.8 Å². The number of fused-ring (bicyclic) bond motifs is 6. The molecule has 56 heavy (non-hydrogen) atoms. The summed E-state index contributed by atoms with van der Waals surface area (Å²) in [6.45, 7) is 12.3. The van der Waals surface area contributed by atoms with Crippen molar-refractivity contribution in [2.24, 2.45) is 23.2 Å². The minimum absolute atomic E-state index is 0.134. The van der Waals surface area contributed by atoms with Crippen molar-refractivity contribution in [2.45, 2.75) is 91.6 Å². The summed E-state index contributed by atoms with van der Waals surface area (Å²) in [6, 6.07) is 8.28. The van der Waals surface area contributed by atoms with Crippen molar-refractivity contribution in [1.82, 2.24) is 30.3 Å². The molecule has 3 aliphatic rings. The van der Waals surface area contributed by atoms with Gasteiger partial charge in [-0.25, -0.2) is 14.8 Å². The van der Waals surface area contributed by atoms with Gasteiger partial charge < -0.3 is 24.1 Å². The van der Waals surface area contributed by atoms with E-state index in [-0.39, 0.29) is 43.0 Å². The van der Waals surface area contributed by atoms with Crippen LogP contribution in [0.15, 0.2) is 41.9 Å². The van der Waals surface area contributed by atoms with Gasteiger partial charge in [0.1, 0.15) is 29.9 Å². The van der Waals surface area contributed by atoms with Crippen molar-refractivity contribution in [3.8, 4) is 22.5 Å². The van der Waals surface area contributed by atoms with E-state index in [1.165, 1.54) is 16.3 Å². The summed E-state index contributed by atoms with van der Waals surface area (Å²) >= 11 is 1.30. The summed E-state index contributed by atoms with van der Waals surface area (Å²) < 4.78 is 34.0. The number of carbonyl (C=O) groups is 3. The van der Waals surface area contributed by atoms with E-state index < -0.39 is 42.2 Å². The molecule has 2 aliphatic heterocycles. The van der Waals surface area contributed by atoms with Crippen LogP contribution in [0, 0.1) is 23.2 Å². The van der Waals surface area contributed by atoms with Crippen molar-refractivity contribution >= 4 is 40.0 Å². The number of rotatable bonds is 9. The zero-order chi connectivity index (χ0) is 39.9. The van der Waals surface area contributed by atoms with Gasteiger partial charge in [-0.1, -0.05) is 33.8 Å². The number of hydrazine groups is 1. The summed E-state index contributed by atoms with van der Waals surface area (Å²) in [6.07, 6.45) is 2.01. The Bertz CT molecular complexity index is 2090. The van der Waals surface area contributed by atoms with Gasteiger partial charge in [0.05, 0.1) is 36.4 Å². The normalized spacial score (nSPS) is 25.8. The lowest BCUT2D eigenvalue weighted by Crippen LogP contribution is -2.61. The highest BCUT2D eigenvalue weighted by atomic mass is 32.1. The van der Waals surface area contributed by atoms with Crippen molar-refractivity contribution in [1.29, 1.82) is 0 Å². The summed E-state index contributed by atoms with van der Waals surface area (Å²) in [7, 11) is 1.68. The third-order valence-corrected chi connectivity index (χ3v) is 12.6. The number of cyclic esters (lactones) is 1. The first-order valence-electron chi connectivity index (χ1n) is 19.7. The molecule has 12 nitrogen and oxygen atoms in total. The van der Waals surface area contributed by atoms with Crippen molar-refractivity contribution in [2.75, 3.05) is 33.5 Å². The molecule has 1 aliphatic carbocycles. The van der Waals surface area contributed by atoms with Gasteiger partial charge in [0.25, 0.3) is 5.91 Å². The zero-order valence-corrected chi connectivity index (χ0v) is 34.1. The van der Waals surface area contributed by atoms with Crippen molar-refractivity contribution in [3.05, 3.63) is 58.2 Å². The predicted octanol–water partition coefficient (Wildman–Crippen LogP) is 6.59. The van der Waals surface area contributed by atoms with Gasteiger partial charge in [-0.3, -0.25) is 24.4 Å². The first kappa shape index (κ1) is 40.0. The highest BCUT2D eigenvalue weighted by molar-refractivity contribution is 7.10. The molecule has 0 spiro atoms. The Kier molecular flexibility index (Phi) is 11.6. The van der Waals surface area contributed by atoms with Gasteiger partial charge in [0.15, 0.2) is 0 Å². The van der Waals surface area contributed by atoms with Gasteiger partial charge in [0, 0.05) is 65.1 Å². The molecule has 2 amide bonds. The number of nitrogens with zero attached hydrogens (tertiary/aromatic N) is 4. The maximum atomic E-state index is 14.5. The summed E-state index contributed by atoms with van der Waals surface area (Å²) in [4.78, 5) is 51.7. The van der Waals surface area contributed by atoms with Crippen LogP contribution in [0.4, 0.5) is 4.39 Å². The number of nitrogens with one attached hydrogen (secondary N) is 2. The molecular formula is C42H53FN6O6S. The molecule has 2 N–H and O–H groups in total. The minimum atomic E-state index is -1.23. The van der Waals surface area contributed by atoms with Crippen LogP contribution in [0.2, 0.25) is 0 Å². The molecule has 1 aromatic carbocycles. The minimum Gasteiger partial charge on any atom is -0.464 e. The van der Waals surface area contributed by atoms with E-state index in [1.54, 1.807) is 13.3 Å².